The van der Waals surface area contributed by atoms with Gasteiger partial charge in [-0.05, 0) is 6.07 Å². The van der Waals surface area contributed by atoms with Crippen molar-refractivity contribution in [2.45, 2.75) is 24.4 Å². The fourth-order valence-electron chi connectivity index (χ4n) is 1.90. The zero-order chi connectivity index (χ0) is 17.8. The number of benzene rings is 1. The topological polar surface area (TPSA) is 87.4 Å². The van der Waals surface area contributed by atoms with Crippen LogP contribution in [-0.2, 0) is 6.18 Å². The largest absolute Gasteiger partial charge is 0.416 e. The molecule has 24 heavy (non-hydrogen) atoms. The summed E-state index contributed by atoms with van der Waals surface area (Å²) in [7, 11) is 0. The molecular formula is C10H6F7N3NaO3. The van der Waals surface area contributed by atoms with E-state index in [-0.39, 0.29) is 41.7 Å². The molecule has 0 fully saturated rings. The molecule has 6 nitrogen and oxygen atoms in total. The average molecular weight is 372 g/mol. The van der Waals surface area contributed by atoms with Crippen LogP contribution >= 0.6 is 0 Å². The minimum absolute atomic E-state index is 0. The van der Waals surface area contributed by atoms with Gasteiger partial charge in [-0.1, -0.05) is 0 Å². The van der Waals surface area contributed by atoms with Gasteiger partial charge in [-0.3, -0.25) is 10.1 Å². The summed E-state index contributed by atoms with van der Waals surface area (Å²) in [4.78, 5) is 9.45. The van der Waals surface area contributed by atoms with Crippen molar-refractivity contribution in [3.05, 3.63) is 27.8 Å². The van der Waals surface area contributed by atoms with Crippen LogP contribution in [0.3, 0.4) is 0 Å². The van der Waals surface area contributed by atoms with Crippen LogP contribution in [0.1, 0.15) is 5.56 Å². The van der Waals surface area contributed by atoms with E-state index in [1.807, 2.05) is 0 Å². The molecule has 0 aromatic heterocycles. The molecule has 0 spiro atoms. The molecule has 3 N–H and O–H groups in total. The smallest absolute Gasteiger partial charge is 0.349 e. The Kier molecular flexibility index (Phi) is 5.36. The first-order valence-electron chi connectivity index (χ1n) is 5.64. The summed E-state index contributed by atoms with van der Waals surface area (Å²) in [5, 5.41) is 23.1. The second kappa shape index (κ2) is 6.20. The zero-order valence-corrected chi connectivity index (χ0v) is 13.6. The standard InChI is InChI=1S/C10H6F7N3O3.Na/c11-7(12)8(13,14)10(21)18-4-1-3(9(15,16)17)2-5(20(22)23)6(4)19-10;/h1-2,7,18-19,21H;. The number of hydrogen-bond donors (Lipinski definition) is 3. The van der Waals surface area contributed by atoms with Gasteiger partial charge in [-0.15, -0.1) is 0 Å². The second-order valence-corrected chi connectivity index (χ2v) is 4.56. The number of alkyl halides is 7. The van der Waals surface area contributed by atoms with Gasteiger partial charge in [-0.25, -0.2) is 8.78 Å². The van der Waals surface area contributed by atoms with Crippen LogP contribution < -0.4 is 10.6 Å². The molecule has 1 aliphatic heterocycles. The second-order valence-electron chi connectivity index (χ2n) is 4.56. The van der Waals surface area contributed by atoms with Crippen molar-refractivity contribution in [2.75, 3.05) is 10.6 Å². The van der Waals surface area contributed by atoms with E-state index in [4.69, 9.17) is 0 Å². The monoisotopic (exact) mass is 372 g/mol. The van der Waals surface area contributed by atoms with Gasteiger partial charge in [-0.2, -0.15) is 22.0 Å². The summed E-state index contributed by atoms with van der Waals surface area (Å²) in [6.45, 7) is 0. The normalized spacial score (nSPS) is 20.0. The molecule has 1 heterocycles. The van der Waals surface area contributed by atoms with Gasteiger partial charge in [0.2, 0.25) is 0 Å². The van der Waals surface area contributed by atoms with Crippen molar-refractivity contribution >= 4 is 46.6 Å². The predicted molar refractivity (Wildman–Crippen MR) is 67.0 cm³/mol. The van der Waals surface area contributed by atoms with E-state index in [9.17, 15) is 46.0 Å². The Hall–Kier alpha value is -1.31. The molecule has 129 valence electrons. The quantitative estimate of drug-likeness (QED) is 0.329. The maximum Gasteiger partial charge on any atom is 0.416 e. The van der Waals surface area contributed by atoms with E-state index in [0.29, 0.717) is 0 Å². The Morgan fingerprint density at radius 1 is 1.17 bits per heavy atom. The number of fused-ring (bicyclic) bond motifs is 1. The molecule has 0 bridgehead atoms. The molecule has 1 unspecified atom stereocenters. The zero-order valence-electron chi connectivity index (χ0n) is 11.6. The van der Waals surface area contributed by atoms with E-state index in [0.717, 1.165) is 0 Å². The minimum atomic E-state index is -5.15. The summed E-state index contributed by atoms with van der Waals surface area (Å²) in [5.41, 5.74) is -4.83. The Balaban J connectivity index is 0.00000288. The molecule has 0 saturated heterocycles. The number of nitro groups is 1. The molecule has 1 aromatic rings. The van der Waals surface area contributed by atoms with Crippen LogP contribution in [0.5, 0.6) is 0 Å². The van der Waals surface area contributed by atoms with Crippen LogP contribution in [0.25, 0.3) is 0 Å². The van der Waals surface area contributed by atoms with Gasteiger partial charge in [0.05, 0.1) is 16.2 Å². The average Bonchev–Trinajstić information content (AvgIpc) is 2.73. The number of halogens is 7. The molecule has 0 saturated carbocycles. The summed E-state index contributed by atoms with van der Waals surface area (Å²) >= 11 is 0. The van der Waals surface area contributed by atoms with Gasteiger partial charge in [0.25, 0.3) is 11.5 Å². The maximum absolute atomic E-state index is 13.4. The van der Waals surface area contributed by atoms with E-state index >= 15 is 0 Å². The summed E-state index contributed by atoms with van der Waals surface area (Å²) < 4.78 is 89.4. The molecule has 1 aliphatic rings. The minimum Gasteiger partial charge on any atom is -0.349 e. The van der Waals surface area contributed by atoms with Crippen LogP contribution in [0.2, 0.25) is 0 Å². The van der Waals surface area contributed by atoms with E-state index in [1.54, 1.807) is 0 Å². The van der Waals surface area contributed by atoms with Gasteiger partial charge >= 0.3 is 18.5 Å². The third-order valence-corrected chi connectivity index (χ3v) is 3.02. The van der Waals surface area contributed by atoms with Crippen LogP contribution in [-0.4, -0.2) is 57.8 Å². The molecular weight excluding hydrogens is 366 g/mol. The number of anilines is 2. The van der Waals surface area contributed by atoms with E-state index in [1.165, 1.54) is 10.6 Å². The third kappa shape index (κ3) is 3.25. The van der Waals surface area contributed by atoms with Crippen molar-refractivity contribution in [1.82, 2.24) is 0 Å². The Morgan fingerprint density at radius 2 is 1.71 bits per heavy atom. The Labute approximate surface area is 150 Å². The molecule has 2 rings (SSSR count). The molecule has 14 heteroatoms. The van der Waals surface area contributed by atoms with Crippen molar-refractivity contribution in [1.29, 1.82) is 0 Å². The first-order chi connectivity index (χ1) is 10.3. The van der Waals surface area contributed by atoms with Gasteiger partial charge in [0.1, 0.15) is 5.69 Å². The van der Waals surface area contributed by atoms with Gasteiger partial charge in [0, 0.05) is 35.6 Å². The van der Waals surface area contributed by atoms with Crippen molar-refractivity contribution in [2.24, 2.45) is 0 Å². The number of nitro benzene ring substituents is 1. The molecule has 1 radical (unpaired) electrons. The van der Waals surface area contributed by atoms with Crippen LogP contribution in [0, 0.1) is 10.1 Å². The van der Waals surface area contributed by atoms with Crippen LogP contribution in [0.15, 0.2) is 12.1 Å². The first kappa shape index (κ1) is 20.7. The Bertz CT molecular complexity index is 670. The fourth-order valence-corrected chi connectivity index (χ4v) is 1.90. The SMILES string of the molecule is O=[N+]([O-])c1cc(C(F)(F)F)cc2c1NC(O)(C(F)(F)C(F)F)N2.[Na]. The number of nitrogens with one attached hydrogen (secondary N) is 2. The number of nitrogens with zero attached hydrogens (tertiary/aromatic N) is 1. The number of rotatable bonds is 3. The molecule has 0 amide bonds. The third-order valence-electron chi connectivity index (χ3n) is 3.02. The maximum atomic E-state index is 13.4. The van der Waals surface area contributed by atoms with Gasteiger partial charge < -0.3 is 15.7 Å². The van der Waals surface area contributed by atoms with Crippen molar-refractivity contribution < 1.29 is 40.8 Å². The molecule has 0 aliphatic carbocycles. The van der Waals surface area contributed by atoms with E-state index in [2.05, 4.69) is 0 Å². The fraction of sp³-hybridized carbons (Fsp3) is 0.400. The summed E-state index contributed by atoms with van der Waals surface area (Å²) in [5.74, 6) is -9.04. The van der Waals surface area contributed by atoms with Crippen molar-refractivity contribution in [3.63, 3.8) is 0 Å². The van der Waals surface area contributed by atoms with E-state index < -0.39 is 51.9 Å². The van der Waals surface area contributed by atoms with Gasteiger partial charge in [0.15, 0.2) is 0 Å². The number of hydrogen-bond acceptors (Lipinski definition) is 5. The van der Waals surface area contributed by atoms with Crippen molar-refractivity contribution in [3.8, 4) is 0 Å². The summed E-state index contributed by atoms with van der Waals surface area (Å²) in [6.07, 6.45) is -9.46. The van der Waals surface area contributed by atoms with Crippen LogP contribution in [0.4, 0.5) is 47.8 Å². The first-order valence-corrected chi connectivity index (χ1v) is 5.64. The number of aliphatic hydroxyl groups is 1. The Morgan fingerprint density at radius 3 is 2.12 bits per heavy atom. The molecule has 1 atom stereocenters. The summed E-state index contributed by atoms with van der Waals surface area (Å²) in [6, 6.07) is 0.203. The molecule has 1 aromatic carbocycles. The predicted octanol–water partition coefficient (Wildman–Crippen LogP) is 2.62.